The number of nitrogens with two attached hydrogens (primary N) is 1. The SMILES string of the molecule is CCOC(C)c1noc(CN(C)C(=O)C(CC)(CC)CN)n1. The predicted octanol–water partition coefficient (Wildman–Crippen LogP) is 1.89. The predicted molar refractivity (Wildman–Crippen MR) is 82.9 cm³/mol. The number of carbonyl (C=O) groups is 1. The van der Waals surface area contributed by atoms with Crippen molar-refractivity contribution in [2.75, 3.05) is 20.2 Å². The van der Waals surface area contributed by atoms with Crippen molar-refractivity contribution in [3.8, 4) is 0 Å². The molecule has 0 bridgehead atoms. The molecule has 1 aromatic rings. The van der Waals surface area contributed by atoms with Crippen molar-refractivity contribution in [2.24, 2.45) is 11.1 Å². The van der Waals surface area contributed by atoms with Gasteiger partial charge in [0.25, 0.3) is 0 Å². The third kappa shape index (κ3) is 4.04. The molecule has 1 unspecified atom stereocenters. The lowest BCUT2D eigenvalue weighted by molar-refractivity contribution is -0.141. The summed E-state index contributed by atoms with van der Waals surface area (Å²) < 4.78 is 10.6. The highest BCUT2D eigenvalue weighted by atomic mass is 16.5. The van der Waals surface area contributed by atoms with Gasteiger partial charge in [0.1, 0.15) is 6.10 Å². The van der Waals surface area contributed by atoms with Crippen LogP contribution in [0.3, 0.4) is 0 Å². The average molecular weight is 312 g/mol. The minimum Gasteiger partial charge on any atom is -0.371 e. The molecular formula is C15H28N4O3. The summed E-state index contributed by atoms with van der Waals surface area (Å²) >= 11 is 0. The lowest BCUT2D eigenvalue weighted by atomic mass is 9.81. The zero-order valence-electron chi connectivity index (χ0n) is 14.3. The van der Waals surface area contributed by atoms with Gasteiger partial charge in [0, 0.05) is 20.2 Å². The Kier molecular flexibility index (Phi) is 6.96. The average Bonchev–Trinajstić information content (AvgIpc) is 2.98. The van der Waals surface area contributed by atoms with Crippen LogP contribution in [0.2, 0.25) is 0 Å². The first-order chi connectivity index (χ1) is 10.4. The van der Waals surface area contributed by atoms with Gasteiger partial charge < -0.3 is 19.9 Å². The summed E-state index contributed by atoms with van der Waals surface area (Å²) in [5.41, 5.74) is 5.30. The van der Waals surface area contributed by atoms with Crippen LogP contribution in [-0.2, 0) is 16.1 Å². The molecule has 0 fully saturated rings. The van der Waals surface area contributed by atoms with E-state index in [0.29, 0.717) is 37.7 Å². The minimum atomic E-state index is -0.518. The fraction of sp³-hybridized carbons (Fsp3) is 0.800. The molecule has 7 heteroatoms. The second kappa shape index (κ2) is 8.24. The molecule has 2 N–H and O–H groups in total. The summed E-state index contributed by atoms with van der Waals surface area (Å²) in [6, 6.07) is 0. The van der Waals surface area contributed by atoms with Crippen LogP contribution in [-0.4, -0.2) is 41.1 Å². The maximum absolute atomic E-state index is 12.6. The van der Waals surface area contributed by atoms with Gasteiger partial charge in [-0.25, -0.2) is 0 Å². The maximum Gasteiger partial charge on any atom is 0.246 e. The molecule has 1 rings (SSSR count). The van der Waals surface area contributed by atoms with Crippen LogP contribution in [0.15, 0.2) is 4.52 Å². The number of amides is 1. The minimum absolute atomic E-state index is 0.0117. The van der Waals surface area contributed by atoms with E-state index in [-0.39, 0.29) is 18.6 Å². The highest BCUT2D eigenvalue weighted by Crippen LogP contribution is 2.27. The molecule has 7 nitrogen and oxygen atoms in total. The number of rotatable bonds is 9. The highest BCUT2D eigenvalue weighted by Gasteiger charge is 2.36. The summed E-state index contributed by atoms with van der Waals surface area (Å²) in [6.45, 7) is 8.92. The lowest BCUT2D eigenvalue weighted by Crippen LogP contribution is -2.45. The summed E-state index contributed by atoms with van der Waals surface area (Å²) in [6.07, 6.45) is 1.19. The van der Waals surface area contributed by atoms with Gasteiger partial charge in [-0.15, -0.1) is 0 Å². The van der Waals surface area contributed by atoms with Crippen molar-refractivity contribution in [2.45, 2.75) is 53.2 Å². The zero-order chi connectivity index (χ0) is 16.8. The van der Waals surface area contributed by atoms with Gasteiger partial charge in [0.05, 0.1) is 12.0 Å². The molecule has 0 aliphatic carbocycles. The van der Waals surface area contributed by atoms with Crippen LogP contribution in [0.1, 0.15) is 58.4 Å². The molecule has 1 heterocycles. The Hall–Kier alpha value is -1.47. The van der Waals surface area contributed by atoms with E-state index in [4.69, 9.17) is 15.0 Å². The van der Waals surface area contributed by atoms with Crippen molar-refractivity contribution in [3.63, 3.8) is 0 Å². The third-order valence-corrected chi connectivity index (χ3v) is 4.18. The van der Waals surface area contributed by atoms with E-state index in [1.807, 2.05) is 27.7 Å². The molecule has 1 atom stereocenters. The lowest BCUT2D eigenvalue weighted by Gasteiger charge is -2.32. The van der Waals surface area contributed by atoms with Crippen LogP contribution in [0.5, 0.6) is 0 Å². The fourth-order valence-electron chi connectivity index (χ4n) is 2.43. The Morgan fingerprint density at radius 2 is 2.05 bits per heavy atom. The monoisotopic (exact) mass is 312 g/mol. The Morgan fingerprint density at radius 1 is 1.41 bits per heavy atom. The molecule has 0 aromatic carbocycles. The molecule has 0 saturated heterocycles. The van der Waals surface area contributed by atoms with Gasteiger partial charge in [-0.3, -0.25) is 4.79 Å². The summed E-state index contributed by atoms with van der Waals surface area (Å²) in [7, 11) is 1.73. The number of carbonyl (C=O) groups excluding carboxylic acids is 1. The summed E-state index contributed by atoms with van der Waals surface area (Å²) in [5.74, 6) is 0.905. The first-order valence-corrected chi connectivity index (χ1v) is 7.83. The molecular weight excluding hydrogens is 284 g/mol. The highest BCUT2D eigenvalue weighted by molar-refractivity contribution is 5.82. The molecule has 1 amide bonds. The first kappa shape index (κ1) is 18.6. The molecule has 1 aromatic heterocycles. The molecule has 0 saturated carbocycles. The van der Waals surface area contributed by atoms with Crippen LogP contribution >= 0.6 is 0 Å². The number of aromatic nitrogens is 2. The molecule has 0 spiro atoms. The van der Waals surface area contributed by atoms with Crippen molar-refractivity contribution in [3.05, 3.63) is 11.7 Å². The Bertz CT molecular complexity index is 463. The molecule has 22 heavy (non-hydrogen) atoms. The Labute approximate surface area is 132 Å². The summed E-state index contributed by atoms with van der Waals surface area (Å²) in [5, 5.41) is 3.90. The van der Waals surface area contributed by atoms with Gasteiger partial charge in [0.2, 0.25) is 11.8 Å². The quantitative estimate of drug-likeness (QED) is 0.748. The van der Waals surface area contributed by atoms with Gasteiger partial charge in [-0.05, 0) is 26.7 Å². The van der Waals surface area contributed by atoms with Crippen molar-refractivity contribution in [1.29, 1.82) is 0 Å². The number of ether oxygens (including phenoxy) is 1. The zero-order valence-corrected chi connectivity index (χ0v) is 14.3. The van der Waals surface area contributed by atoms with E-state index < -0.39 is 5.41 Å². The Balaban J connectivity index is 2.76. The van der Waals surface area contributed by atoms with E-state index in [1.165, 1.54) is 0 Å². The van der Waals surface area contributed by atoms with E-state index in [2.05, 4.69) is 10.1 Å². The van der Waals surface area contributed by atoms with E-state index in [0.717, 1.165) is 0 Å². The number of nitrogens with zero attached hydrogens (tertiary/aromatic N) is 3. The van der Waals surface area contributed by atoms with Gasteiger partial charge in [-0.1, -0.05) is 19.0 Å². The second-order valence-electron chi connectivity index (χ2n) is 5.50. The number of hydrogen-bond donors (Lipinski definition) is 1. The topological polar surface area (TPSA) is 94.5 Å². The van der Waals surface area contributed by atoms with E-state index in [9.17, 15) is 4.79 Å². The van der Waals surface area contributed by atoms with Crippen LogP contribution in [0, 0.1) is 5.41 Å². The number of hydrogen-bond acceptors (Lipinski definition) is 6. The molecule has 126 valence electrons. The van der Waals surface area contributed by atoms with Crippen molar-refractivity contribution >= 4 is 5.91 Å². The van der Waals surface area contributed by atoms with E-state index in [1.54, 1.807) is 11.9 Å². The summed E-state index contributed by atoms with van der Waals surface area (Å²) in [4.78, 5) is 18.5. The third-order valence-electron chi connectivity index (χ3n) is 4.18. The van der Waals surface area contributed by atoms with Gasteiger partial charge in [0.15, 0.2) is 5.82 Å². The van der Waals surface area contributed by atoms with Crippen LogP contribution in [0.4, 0.5) is 0 Å². The Morgan fingerprint density at radius 3 is 2.55 bits per heavy atom. The van der Waals surface area contributed by atoms with Crippen molar-refractivity contribution in [1.82, 2.24) is 15.0 Å². The molecule has 0 aliphatic heterocycles. The first-order valence-electron chi connectivity index (χ1n) is 7.83. The van der Waals surface area contributed by atoms with Crippen molar-refractivity contribution < 1.29 is 14.1 Å². The van der Waals surface area contributed by atoms with E-state index >= 15 is 0 Å². The fourth-order valence-corrected chi connectivity index (χ4v) is 2.43. The maximum atomic E-state index is 12.6. The largest absolute Gasteiger partial charge is 0.371 e. The van der Waals surface area contributed by atoms with Crippen LogP contribution in [0.25, 0.3) is 0 Å². The second-order valence-corrected chi connectivity index (χ2v) is 5.50. The normalized spacial score (nSPS) is 13.2. The van der Waals surface area contributed by atoms with Gasteiger partial charge >= 0.3 is 0 Å². The standard InChI is InChI=1S/C15H28N4O3/c1-6-15(7-2,10-16)14(20)19(5)9-12-17-13(18-22-12)11(4)21-8-3/h11H,6-10,16H2,1-5H3. The molecule has 0 aliphatic rings. The van der Waals surface area contributed by atoms with Gasteiger partial charge in [-0.2, -0.15) is 4.98 Å². The smallest absolute Gasteiger partial charge is 0.246 e. The molecule has 0 radical (unpaired) electrons. The van der Waals surface area contributed by atoms with Crippen LogP contribution < -0.4 is 5.73 Å².